The maximum atomic E-state index is 11.9. The van der Waals surface area contributed by atoms with E-state index in [9.17, 15) is 4.79 Å². The summed E-state index contributed by atoms with van der Waals surface area (Å²) in [4.78, 5) is 17.9. The first-order valence-corrected chi connectivity index (χ1v) is 7.67. The molecule has 120 valence electrons. The number of rotatable bonds is 4. The number of nitrogens with one attached hydrogen (secondary N) is 1. The number of amidine groups is 1. The smallest absolute Gasteiger partial charge is 0.410 e. The topological polar surface area (TPSA) is 53.9 Å². The van der Waals surface area contributed by atoms with Crippen molar-refractivity contribution < 1.29 is 9.53 Å². The zero-order valence-electron chi connectivity index (χ0n) is 13.8. The molecule has 2 rings (SSSR count). The fraction of sp³-hybridized carbons (Fsp3) is 0.529. The van der Waals surface area contributed by atoms with Crippen LogP contribution < -0.4 is 5.32 Å². The maximum Gasteiger partial charge on any atom is 0.410 e. The second kappa shape index (κ2) is 6.81. The van der Waals surface area contributed by atoms with Crippen LogP contribution in [-0.4, -0.2) is 49.1 Å². The van der Waals surface area contributed by atoms with Gasteiger partial charge in [-0.3, -0.25) is 4.99 Å². The highest BCUT2D eigenvalue weighted by atomic mass is 16.6. The molecule has 1 amide bonds. The molecule has 1 aliphatic heterocycles. The molecule has 0 saturated carbocycles. The molecule has 5 heteroatoms. The van der Waals surface area contributed by atoms with Gasteiger partial charge in [0.1, 0.15) is 11.4 Å². The molecule has 0 radical (unpaired) electrons. The number of likely N-dealkylation sites (N-methyl/N-ethyl adjacent to an activating group) is 1. The molecule has 1 N–H and O–H groups in total. The van der Waals surface area contributed by atoms with Crippen molar-refractivity contribution in [2.24, 2.45) is 4.99 Å². The van der Waals surface area contributed by atoms with Crippen LogP contribution in [0, 0.1) is 0 Å². The Morgan fingerprint density at radius 3 is 2.55 bits per heavy atom. The Morgan fingerprint density at radius 2 is 2.00 bits per heavy atom. The highest BCUT2D eigenvalue weighted by Crippen LogP contribution is 2.11. The van der Waals surface area contributed by atoms with E-state index in [2.05, 4.69) is 34.6 Å². The van der Waals surface area contributed by atoms with Gasteiger partial charge in [-0.15, -0.1) is 0 Å². The van der Waals surface area contributed by atoms with Crippen LogP contribution in [0.15, 0.2) is 29.3 Å². The molecular weight excluding hydrogens is 278 g/mol. The third kappa shape index (κ3) is 4.76. The van der Waals surface area contributed by atoms with Crippen LogP contribution >= 0.6 is 0 Å². The van der Waals surface area contributed by atoms with Gasteiger partial charge in [0, 0.05) is 25.7 Å². The van der Waals surface area contributed by atoms with Crippen molar-refractivity contribution in [3.63, 3.8) is 0 Å². The van der Waals surface area contributed by atoms with E-state index >= 15 is 0 Å². The molecular formula is C17H25N3O2. The summed E-state index contributed by atoms with van der Waals surface area (Å²) in [5.41, 5.74) is 1.85. The van der Waals surface area contributed by atoms with Gasteiger partial charge in [-0.25, -0.2) is 4.79 Å². The van der Waals surface area contributed by atoms with Crippen LogP contribution in [0.5, 0.6) is 0 Å². The molecule has 1 aliphatic rings. The molecule has 0 atom stereocenters. The average molecular weight is 303 g/mol. The number of hydrogen-bond donors (Lipinski definition) is 1. The predicted octanol–water partition coefficient (Wildman–Crippen LogP) is 2.45. The van der Waals surface area contributed by atoms with Crippen LogP contribution in [0.1, 0.15) is 31.9 Å². The molecule has 1 heterocycles. The average Bonchev–Trinajstić information content (AvgIpc) is 2.97. The first-order valence-electron chi connectivity index (χ1n) is 7.67. The normalized spacial score (nSPS) is 14.3. The van der Waals surface area contributed by atoms with Gasteiger partial charge in [0.2, 0.25) is 0 Å². The second-order valence-corrected chi connectivity index (χ2v) is 6.51. The Kier molecular flexibility index (Phi) is 5.06. The summed E-state index contributed by atoms with van der Waals surface area (Å²) < 4.78 is 5.34. The number of ether oxygens (including phenoxy) is 1. The van der Waals surface area contributed by atoms with Crippen molar-refractivity contribution in [3.8, 4) is 0 Å². The molecule has 0 bridgehead atoms. The zero-order valence-corrected chi connectivity index (χ0v) is 13.8. The zero-order chi connectivity index (χ0) is 16.2. The van der Waals surface area contributed by atoms with E-state index in [1.165, 1.54) is 5.56 Å². The van der Waals surface area contributed by atoms with Gasteiger partial charge in [-0.05, 0) is 32.8 Å². The first-order chi connectivity index (χ1) is 10.3. The number of benzene rings is 1. The summed E-state index contributed by atoms with van der Waals surface area (Å²) in [5, 5.41) is 3.26. The lowest BCUT2D eigenvalue weighted by atomic mass is 10.1. The standard InChI is InChI=1S/C17H25N3O2/c1-17(2,3)22-16(21)20(4)12-9-13-5-7-14(8-6-13)15-18-10-11-19-15/h5-8H,9-12H2,1-4H3,(H,18,19). The molecule has 1 aromatic carbocycles. The number of aliphatic imine (C=N–C) groups is 1. The maximum absolute atomic E-state index is 11.9. The second-order valence-electron chi connectivity index (χ2n) is 6.51. The van der Waals surface area contributed by atoms with Gasteiger partial charge in [0.05, 0.1) is 6.54 Å². The quantitative estimate of drug-likeness (QED) is 0.929. The Labute approximate surface area is 132 Å². The van der Waals surface area contributed by atoms with Crippen LogP contribution in [-0.2, 0) is 11.2 Å². The Bertz CT molecular complexity index is 544. The highest BCUT2D eigenvalue weighted by molar-refractivity contribution is 5.99. The minimum Gasteiger partial charge on any atom is -0.444 e. The van der Waals surface area contributed by atoms with Gasteiger partial charge in [0.25, 0.3) is 0 Å². The van der Waals surface area contributed by atoms with E-state index in [0.717, 1.165) is 30.9 Å². The van der Waals surface area contributed by atoms with Gasteiger partial charge in [-0.1, -0.05) is 24.3 Å². The van der Waals surface area contributed by atoms with Crippen LogP contribution in [0.4, 0.5) is 4.79 Å². The lowest BCUT2D eigenvalue weighted by Crippen LogP contribution is -2.35. The molecule has 0 saturated heterocycles. The van der Waals surface area contributed by atoms with E-state index in [1.807, 2.05) is 20.8 Å². The monoisotopic (exact) mass is 303 g/mol. The van der Waals surface area contributed by atoms with Crippen LogP contribution in [0.25, 0.3) is 0 Å². The van der Waals surface area contributed by atoms with Gasteiger partial charge in [0.15, 0.2) is 0 Å². The number of carbonyl (C=O) groups excluding carboxylic acids is 1. The largest absolute Gasteiger partial charge is 0.444 e. The van der Waals surface area contributed by atoms with Crippen LogP contribution in [0.3, 0.4) is 0 Å². The van der Waals surface area contributed by atoms with Crippen molar-refractivity contribution in [2.45, 2.75) is 32.8 Å². The number of carbonyl (C=O) groups is 1. The summed E-state index contributed by atoms with van der Waals surface area (Å²) in [6.45, 7) is 8.01. The van der Waals surface area contributed by atoms with Crippen molar-refractivity contribution in [2.75, 3.05) is 26.7 Å². The molecule has 0 aliphatic carbocycles. The van der Waals surface area contributed by atoms with Crippen LogP contribution in [0.2, 0.25) is 0 Å². The lowest BCUT2D eigenvalue weighted by molar-refractivity contribution is 0.0301. The third-order valence-electron chi connectivity index (χ3n) is 3.34. The summed E-state index contributed by atoms with van der Waals surface area (Å²) in [5.74, 6) is 0.970. The van der Waals surface area contributed by atoms with E-state index in [-0.39, 0.29) is 6.09 Å². The highest BCUT2D eigenvalue weighted by Gasteiger charge is 2.19. The van der Waals surface area contributed by atoms with Crippen molar-refractivity contribution in [3.05, 3.63) is 35.4 Å². The van der Waals surface area contributed by atoms with Crippen molar-refractivity contribution in [1.29, 1.82) is 0 Å². The molecule has 0 unspecified atom stereocenters. The summed E-state index contributed by atoms with van der Waals surface area (Å²) >= 11 is 0. The summed E-state index contributed by atoms with van der Waals surface area (Å²) in [7, 11) is 1.76. The molecule has 0 aromatic heterocycles. The van der Waals surface area contributed by atoms with Crippen molar-refractivity contribution in [1.82, 2.24) is 10.2 Å². The number of nitrogens with zero attached hydrogens (tertiary/aromatic N) is 2. The Morgan fingerprint density at radius 1 is 1.32 bits per heavy atom. The van der Waals surface area contributed by atoms with E-state index < -0.39 is 5.60 Å². The Hall–Kier alpha value is -2.04. The van der Waals surface area contributed by atoms with Gasteiger partial charge < -0.3 is 15.0 Å². The fourth-order valence-electron chi connectivity index (χ4n) is 2.15. The lowest BCUT2D eigenvalue weighted by Gasteiger charge is -2.24. The fourth-order valence-corrected chi connectivity index (χ4v) is 2.15. The molecule has 1 aromatic rings. The summed E-state index contributed by atoms with van der Waals surface area (Å²) in [6.07, 6.45) is 0.518. The predicted molar refractivity (Wildman–Crippen MR) is 88.4 cm³/mol. The minimum absolute atomic E-state index is 0.284. The van der Waals surface area contributed by atoms with Crippen molar-refractivity contribution >= 4 is 11.9 Å². The number of hydrogen-bond acceptors (Lipinski definition) is 4. The number of amides is 1. The van der Waals surface area contributed by atoms with E-state index in [1.54, 1.807) is 11.9 Å². The molecule has 0 spiro atoms. The third-order valence-corrected chi connectivity index (χ3v) is 3.34. The minimum atomic E-state index is -0.456. The van der Waals surface area contributed by atoms with Gasteiger partial charge in [-0.2, -0.15) is 0 Å². The molecule has 5 nitrogen and oxygen atoms in total. The van der Waals surface area contributed by atoms with Gasteiger partial charge >= 0.3 is 6.09 Å². The first kappa shape index (κ1) is 16.3. The van der Waals surface area contributed by atoms with E-state index in [0.29, 0.717) is 6.54 Å². The van der Waals surface area contributed by atoms with E-state index in [4.69, 9.17) is 4.74 Å². The Balaban J connectivity index is 1.85. The summed E-state index contributed by atoms with van der Waals surface area (Å²) in [6, 6.07) is 8.31. The SMILES string of the molecule is CN(CCc1ccc(C2=NCCN2)cc1)C(=O)OC(C)(C)C. The molecule has 22 heavy (non-hydrogen) atoms. The molecule has 0 fully saturated rings.